The van der Waals surface area contributed by atoms with Gasteiger partial charge in [-0.3, -0.25) is 0 Å². The third-order valence-corrected chi connectivity index (χ3v) is 4.75. The zero-order chi connectivity index (χ0) is 15.7. The molecule has 1 aliphatic carbocycles. The van der Waals surface area contributed by atoms with Crippen LogP contribution in [-0.4, -0.2) is 11.2 Å². The molecule has 4 heteroatoms. The number of nitrogen functional groups attached to an aromatic ring is 1. The van der Waals surface area contributed by atoms with E-state index in [4.69, 9.17) is 10.3 Å². The van der Waals surface area contributed by atoms with Crippen LogP contribution in [0, 0.1) is 19.8 Å². The Hall–Kier alpha value is -1.97. The highest BCUT2D eigenvalue weighted by molar-refractivity contribution is 5.77. The minimum atomic E-state index is 0.545. The molecule has 22 heavy (non-hydrogen) atoms. The lowest BCUT2D eigenvalue weighted by Crippen LogP contribution is -2.25. The van der Waals surface area contributed by atoms with E-state index < -0.39 is 0 Å². The van der Waals surface area contributed by atoms with Gasteiger partial charge < -0.3 is 15.6 Å². The van der Waals surface area contributed by atoms with Crippen LogP contribution in [0.1, 0.15) is 44.1 Å². The summed E-state index contributed by atoms with van der Waals surface area (Å²) in [4.78, 5) is 0. The average molecular weight is 299 g/mol. The minimum absolute atomic E-state index is 0.545. The summed E-state index contributed by atoms with van der Waals surface area (Å²) >= 11 is 0. The van der Waals surface area contributed by atoms with Gasteiger partial charge in [0.1, 0.15) is 5.76 Å². The number of anilines is 2. The second kappa shape index (κ2) is 6.03. The Balaban J connectivity index is 1.78. The molecule has 0 unspecified atom stereocenters. The van der Waals surface area contributed by atoms with E-state index in [9.17, 15) is 0 Å². The van der Waals surface area contributed by atoms with Gasteiger partial charge in [-0.25, -0.2) is 0 Å². The number of benzene rings is 1. The Bertz CT molecular complexity index is 635. The molecular weight excluding hydrogens is 274 g/mol. The molecule has 0 bridgehead atoms. The molecule has 3 rings (SSSR count). The molecule has 0 amide bonds. The molecule has 0 aliphatic heterocycles. The van der Waals surface area contributed by atoms with E-state index in [-0.39, 0.29) is 0 Å². The number of aromatic nitrogens is 1. The van der Waals surface area contributed by atoms with Crippen LogP contribution in [0.5, 0.6) is 0 Å². The second-order valence-corrected chi connectivity index (χ2v) is 6.60. The second-order valence-electron chi connectivity index (χ2n) is 6.60. The quantitative estimate of drug-likeness (QED) is 0.817. The van der Waals surface area contributed by atoms with E-state index in [0.29, 0.717) is 6.04 Å². The first-order chi connectivity index (χ1) is 10.5. The van der Waals surface area contributed by atoms with Gasteiger partial charge in [-0.1, -0.05) is 18.1 Å². The number of hydrogen-bond acceptors (Lipinski definition) is 4. The molecule has 1 aromatic heterocycles. The standard InChI is InChI=1S/C18H25N3O/c1-11-4-7-15(8-5-11)20-17-9-6-14(10-16(17)19)18-12(2)21-22-13(18)3/h6,9-11,15,20H,4-5,7-8,19H2,1-3H3. The van der Waals surface area contributed by atoms with Gasteiger partial charge in [0.2, 0.25) is 0 Å². The maximum Gasteiger partial charge on any atom is 0.141 e. The predicted molar refractivity (Wildman–Crippen MR) is 90.9 cm³/mol. The summed E-state index contributed by atoms with van der Waals surface area (Å²) in [6, 6.07) is 6.73. The summed E-state index contributed by atoms with van der Waals surface area (Å²) in [6.07, 6.45) is 5.06. The van der Waals surface area contributed by atoms with Gasteiger partial charge in [0.05, 0.1) is 17.1 Å². The first-order valence-electron chi connectivity index (χ1n) is 8.14. The third kappa shape index (κ3) is 2.96. The molecule has 0 saturated heterocycles. The molecule has 1 aromatic carbocycles. The largest absolute Gasteiger partial charge is 0.397 e. The lowest BCUT2D eigenvalue weighted by Gasteiger charge is -2.28. The molecule has 0 radical (unpaired) electrons. The highest BCUT2D eigenvalue weighted by atomic mass is 16.5. The summed E-state index contributed by atoms with van der Waals surface area (Å²) < 4.78 is 5.24. The van der Waals surface area contributed by atoms with Crippen molar-refractivity contribution in [3.05, 3.63) is 29.7 Å². The Morgan fingerprint density at radius 3 is 2.50 bits per heavy atom. The highest BCUT2D eigenvalue weighted by Crippen LogP contribution is 2.33. The minimum Gasteiger partial charge on any atom is -0.397 e. The molecule has 118 valence electrons. The SMILES string of the molecule is Cc1noc(C)c1-c1ccc(NC2CCC(C)CC2)c(N)c1. The predicted octanol–water partition coefficient (Wildman–Crippen LogP) is 4.53. The van der Waals surface area contributed by atoms with Crippen LogP contribution in [0.4, 0.5) is 11.4 Å². The van der Waals surface area contributed by atoms with Crippen molar-refractivity contribution in [2.75, 3.05) is 11.1 Å². The van der Waals surface area contributed by atoms with Crippen molar-refractivity contribution in [2.45, 2.75) is 52.5 Å². The van der Waals surface area contributed by atoms with Gasteiger partial charge in [0, 0.05) is 11.6 Å². The van der Waals surface area contributed by atoms with Crippen LogP contribution in [0.3, 0.4) is 0 Å². The Morgan fingerprint density at radius 2 is 1.91 bits per heavy atom. The average Bonchev–Trinajstić information content (AvgIpc) is 2.83. The van der Waals surface area contributed by atoms with E-state index in [2.05, 4.69) is 29.5 Å². The maximum absolute atomic E-state index is 6.26. The number of nitrogens with zero attached hydrogens (tertiary/aromatic N) is 1. The van der Waals surface area contributed by atoms with Crippen LogP contribution in [0.2, 0.25) is 0 Å². The van der Waals surface area contributed by atoms with E-state index >= 15 is 0 Å². The summed E-state index contributed by atoms with van der Waals surface area (Å²) in [6.45, 7) is 6.22. The molecule has 1 saturated carbocycles. The first kappa shape index (κ1) is 14.9. The fourth-order valence-corrected chi connectivity index (χ4v) is 3.37. The number of rotatable bonds is 3. The normalized spacial score (nSPS) is 21.8. The molecule has 1 fully saturated rings. The lowest BCUT2D eigenvalue weighted by atomic mass is 9.87. The number of aryl methyl sites for hydroxylation is 2. The molecule has 1 aliphatic rings. The Morgan fingerprint density at radius 1 is 1.18 bits per heavy atom. The molecule has 2 aromatic rings. The van der Waals surface area contributed by atoms with Gasteiger partial charge >= 0.3 is 0 Å². The number of hydrogen-bond donors (Lipinski definition) is 2. The van der Waals surface area contributed by atoms with Crippen molar-refractivity contribution in [3.8, 4) is 11.1 Å². The lowest BCUT2D eigenvalue weighted by molar-refractivity contribution is 0.361. The Kier molecular flexibility index (Phi) is 4.10. The highest BCUT2D eigenvalue weighted by Gasteiger charge is 2.19. The fourth-order valence-electron chi connectivity index (χ4n) is 3.37. The Labute approximate surface area is 132 Å². The number of nitrogens with two attached hydrogens (primary N) is 1. The molecule has 0 atom stereocenters. The van der Waals surface area contributed by atoms with Crippen molar-refractivity contribution < 1.29 is 4.52 Å². The zero-order valence-electron chi connectivity index (χ0n) is 13.6. The molecule has 1 heterocycles. The van der Waals surface area contributed by atoms with Gasteiger partial charge in [-0.05, 0) is 63.1 Å². The van der Waals surface area contributed by atoms with E-state index in [0.717, 1.165) is 39.9 Å². The zero-order valence-corrected chi connectivity index (χ0v) is 13.6. The molecule has 4 nitrogen and oxygen atoms in total. The summed E-state index contributed by atoms with van der Waals surface area (Å²) in [5, 5.41) is 7.62. The van der Waals surface area contributed by atoms with Crippen LogP contribution in [0.15, 0.2) is 22.7 Å². The smallest absolute Gasteiger partial charge is 0.141 e. The summed E-state index contributed by atoms with van der Waals surface area (Å²) in [5.74, 6) is 1.69. The van der Waals surface area contributed by atoms with Crippen molar-refractivity contribution >= 4 is 11.4 Å². The first-order valence-corrected chi connectivity index (χ1v) is 8.14. The van der Waals surface area contributed by atoms with E-state index in [1.54, 1.807) is 0 Å². The van der Waals surface area contributed by atoms with Crippen molar-refractivity contribution in [1.29, 1.82) is 0 Å². The van der Waals surface area contributed by atoms with Gasteiger partial charge in [-0.2, -0.15) is 0 Å². The van der Waals surface area contributed by atoms with Gasteiger partial charge in [0.15, 0.2) is 0 Å². The van der Waals surface area contributed by atoms with Crippen molar-refractivity contribution in [1.82, 2.24) is 5.16 Å². The number of nitrogens with one attached hydrogen (secondary N) is 1. The van der Waals surface area contributed by atoms with Crippen LogP contribution < -0.4 is 11.1 Å². The van der Waals surface area contributed by atoms with E-state index in [1.807, 2.05) is 19.9 Å². The van der Waals surface area contributed by atoms with Crippen LogP contribution >= 0.6 is 0 Å². The fraction of sp³-hybridized carbons (Fsp3) is 0.500. The maximum atomic E-state index is 6.26. The third-order valence-electron chi connectivity index (χ3n) is 4.75. The summed E-state index contributed by atoms with van der Waals surface area (Å²) in [5.41, 5.74) is 11.1. The van der Waals surface area contributed by atoms with Crippen molar-refractivity contribution in [2.24, 2.45) is 5.92 Å². The van der Waals surface area contributed by atoms with Crippen LogP contribution in [0.25, 0.3) is 11.1 Å². The molecular formula is C18H25N3O. The van der Waals surface area contributed by atoms with Gasteiger partial charge in [-0.15, -0.1) is 0 Å². The van der Waals surface area contributed by atoms with E-state index in [1.165, 1.54) is 25.7 Å². The summed E-state index contributed by atoms with van der Waals surface area (Å²) in [7, 11) is 0. The van der Waals surface area contributed by atoms with Crippen LogP contribution in [-0.2, 0) is 0 Å². The topological polar surface area (TPSA) is 64.1 Å². The monoisotopic (exact) mass is 299 g/mol. The van der Waals surface area contributed by atoms with Crippen molar-refractivity contribution in [3.63, 3.8) is 0 Å². The molecule has 0 spiro atoms. The van der Waals surface area contributed by atoms with Gasteiger partial charge in [0.25, 0.3) is 0 Å². The molecule has 3 N–H and O–H groups in total.